The van der Waals surface area contributed by atoms with E-state index in [1.54, 1.807) is 0 Å². The summed E-state index contributed by atoms with van der Waals surface area (Å²) in [4.78, 5) is 0. The Labute approximate surface area is 316 Å². The van der Waals surface area contributed by atoms with E-state index in [2.05, 4.69) is 197 Å². The lowest BCUT2D eigenvalue weighted by atomic mass is 10.00. The van der Waals surface area contributed by atoms with Gasteiger partial charge in [0.25, 0.3) is 0 Å². The molecule has 0 aliphatic rings. The third-order valence-electron chi connectivity index (χ3n) is 11.5. The van der Waals surface area contributed by atoms with Crippen LogP contribution in [0, 0.1) is 0 Å². The van der Waals surface area contributed by atoms with Gasteiger partial charge in [-0.1, -0.05) is 133 Å². The van der Waals surface area contributed by atoms with Gasteiger partial charge in [-0.15, -0.1) is 0 Å². The molecule has 0 spiro atoms. The van der Waals surface area contributed by atoms with Crippen molar-refractivity contribution in [3.8, 4) is 33.6 Å². The molecule has 0 saturated heterocycles. The summed E-state index contributed by atoms with van der Waals surface area (Å²) >= 11 is 0. The minimum Gasteiger partial charge on any atom is -0.456 e. The maximum atomic E-state index is 6.39. The van der Waals surface area contributed by atoms with Crippen LogP contribution in [0.25, 0.3) is 110 Å². The van der Waals surface area contributed by atoms with E-state index in [4.69, 9.17) is 4.42 Å². The monoisotopic (exact) mass is 700 g/mol. The minimum atomic E-state index is 0.893. The smallest absolute Gasteiger partial charge is 0.137 e. The van der Waals surface area contributed by atoms with Crippen LogP contribution in [-0.4, -0.2) is 9.13 Å². The molecule has 0 N–H and O–H groups in total. The predicted molar refractivity (Wildman–Crippen MR) is 231 cm³/mol. The van der Waals surface area contributed by atoms with Gasteiger partial charge in [-0.3, -0.25) is 0 Å². The number of furan rings is 1. The third kappa shape index (κ3) is 4.44. The van der Waals surface area contributed by atoms with Crippen molar-refractivity contribution in [3.63, 3.8) is 0 Å². The Morgan fingerprint density at radius 1 is 0.327 bits per heavy atom. The number of aromatic nitrogens is 2. The topological polar surface area (TPSA) is 23.0 Å². The van der Waals surface area contributed by atoms with Gasteiger partial charge >= 0.3 is 0 Å². The van der Waals surface area contributed by atoms with Gasteiger partial charge in [-0.25, -0.2) is 0 Å². The van der Waals surface area contributed by atoms with Crippen LogP contribution in [-0.2, 0) is 0 Å². The standard InChI is InChI=1S/C52H32N2O/c1-2-12-33(13-3-1)35-15-10-16-38(30-35)53-45-20-8-6-18-40(45)43-31-36(25-28-46(43)53)37-26-29-47-44(32-37)41-27-24-34-14-4-5-17-39(34)52(41)54(47)48-21-11-23-50-51(48)42-19-7-9-22-49(42)55-50/h1-32H. The van der Waals surface area contributed by atoms with E-state index < -0.39 is 0 Å². The van der Waals surface area contributed by atoms with Gasteiger partial charge in [0.15, 0.2) is 0 Å². The van der Waals surface area contributed by atoms with Crippen molar-refractivity contribution in [2.45, 2.75) is 0 Å². The molecule has 3 aromatic heterocycles. The zero-order valence-electron chi connectivity index (χ0n) is 29.8. The Morgan fingerprint density at radius 2 is 0.945 bits per heavy atom. The van der Waals surface area contributed by atoms with Gasteiger partial charge in [0.2, 0.25) is 0 Å². The molecule has 12 rings (SSSR count). The van der Waals surface area contributed by atoms with E-state index in [1.165, 1.54) is 76.6 Å². The first-order valence-corrected chi connectivity index (χ1v) is 18.8. The van der Waals surface area contributed by atoms with Gasteiger partial charge in [-0.05, 0) is 88.3 Å². The molecule has 0 aliphatic carbocycles. The molecule has 0 amide bonds. The first-order valence-electron chi connectivity index (χ1n) is 18.8. The number of nitrogens with zero attached hydrogens (tertiary/aromatic N) is 2. The number of benzene rings is 9. The van der Waals surface area contributed by atoms with Crippen LogP contribution in [0.2, 0.25) is 0 Å². The number of hydrogen-bond donors (Lipinski definition) is 0. The number of fused-ring (bicyclic) bond motifs is 11. The molecule has 3 nitrogen and oxygen atoms in total. The predicted octanol–water partition coefficient (Wildman–Crippen LogP) is 14.3. The molecule has 3 heterocycles. The van der Waals surface area contributed by atoms with Crippen molar-refractivity contribution in [3.05, 3.63) is 194 Å². The molecule has 55 heavy (non-hydrogen) atoms. The number of para-hydroxylation sites is 2. The van der Waals surface area contributed by atoms with E-state index in [-0.39, 0.29) is 0 Å². The van der Waals surface area contributed by atoms with Crippen molar-refractivity contribution in [1.29, 1.82) is 0 Å². The van der Waals surface area contributed by atoms with Crippen LogP contribution in [0.5, 0.6) is 0 Å². The fraction of sp³-hybridized carbons (Fsp3) is 0. The normalized spacial score (nSPS) is 12.0. The molecule has 0 fully saturated rings. The third-order valence-corrected chi connectivity index (χ3v) is 11.5. The molecular formula is C52H32N2O. The minimum absolute atomic E-state index is 0.893. The van der Waals surface area contributed by atoms with Gasteiger partial charge in [0, 0.05) is 38.0 Å². The average molecular weight is 701 g/mol. The van der Waals surface area contributed by atoms with Crippen LogP contribution in [0.15, 0.2) is 199 Å². The first kappa shape index (κ1) is 30.1. The second-order valence-electron chi connectivity index (χ2n) is 14.5. The molecule has 9 aromatic carbocycles. The summed E-state index contributed by atoms with van der Waals surface area (Å²) in [6.07, 6.45) is 0. The van der Waals surface area contributed by atoms with Crippen molar-refractivity contribution >= 4 is 76.3 Å². The lowest BCUT2D eigenvalue weighted by Crippen LogP contribution is -1.95. The van der Waals surface area contributed by atoms with Crippen LogP contribution >= 0.6 is 0 Å². The number of hydrogen-bond acceptors (Lipinski definition) is 1. The quantitative estimate of drug-likeness (QED) is 0.179. The largest absolute Gasteiger partial charge is 0.456 e. The van der Waals surface area contributed by atoms with Gasteiger partial charge in [0.05, 0.1) is 33.1 Å². The molecule has 0 saturated carbocycles. The molecule has 3 heteroatoms. The SMILES string of the molecule is c1ccc(-c2cccc(-n3c4ccccc4c4cc(-c5ccc6c(c5)c5ccc7ccccc7c5n6-c5cccc6oc7ccccc7c56)ccc43)c2)cc1. The summed E-state index contributed by atoms with van der Waals surface area (Å²) < 4.78 is 11.3. The van der Waals surface area contributed by atoms with Gasteiger partial charge in [0.1, 0.15) is 11.2 Å². The lowest BCUT2D eigenvalue weighted by molar-refractivity contribution is 0.669. The van der Waals surface area contributed by atoms with Crippen molar-refractivity contribution in [1.82, 2.24) is 9.13 Å². The second-order valence-corrected chi connectivity index (χ2v) is 14.5. The Hall–Kier alpha value is -7.36. The van der Waals surface area contributed by atoms with Gasteiger partial charge in [-0.2, -0.15) is 0 Å². The van der Waals surface area contributed by atoms with Crippen molar-refractivity contribution in [2.24, 2.45) is 0 Å². The highest BCUT2D eigenvalue weighted by Gasteiger charge is 2.20. The summed E-state index contributed by atoms with van der Waals surface area (Å²) in [6.45, 7) is 0. The lowest BCUT2D eigenvalue weighted by Gasteiger charge is -2.12. The van der Waals surface area contributed by atoms with Crippen molar-refractivity contribution < 1.29 is 4.42 Å². The second kappa shape index (κ2) is 11.6. The van der Waals surface area contributed by atoms with Crippen LogP contribution in [0.1, 0.15) is 0 Å². The molecule has 0 unspecified atom stereocenters. The average Bonchev–Trinajstić information content (AvgIpc) is 3.91. The number of rotatable bonds is 4. The van der Waals surface area contributed by atoms with E-state index >= 15 is 0 Å². The molecule has 256 valence electrons. The highest BCUT2D eigenvalue weighted by molar-refractivity contribution is 6.21. The van der Waals surface area contributed by atoms with Crippen LogP contribution in [0.4, 0.5) is 0 Å². The molecule has 0 atom stereocenters. The summed E-state index contributed by atoms with van der Waals surface area (Å²) in [5, 5.41) is 9.65. The zero-order chi connectivity index (χ0) is 36.0. The summed E-state index contributed by atoms with van der Waals surface area (Å²) in [7, 11) is 0. The molecule has 0 radical (unpaired) electrons. The fourth-order valence-electron chi connectivity index (χ4n) is 9.04. The maximum Gasteiger partial charge on any atom is 0.137 e. The Morgan fingerprint density at radius 3 is 1.80 bits per heavy atom. The summed E-state index contributed by atoms with van der Waals surface area (Å²) in [6, 6.07) is 70.3. The van der Waals surface area contributed by atoms with E-state index in [0.717, 1.165) is 33.3 Å². The Bertz CT molecular complexity index is 3490. The van der Waals surface area contributed by atoms with Crippen LogP contribution in [0.3, 0.4) is 0 Å². The van der Waals surface area contributed by atoms with E-state index in [0.29, 0.717) is 0 Å². The first-order chi connectivity index (χ1) is 27.3. The maximum absolute atomic E-state index is 6.39. The summed E-state index contributed by atoms with van der Waals surface area (Å²) in [5.74, 6) is 0. The zero-order valence-corrected chi connectivity index (χ0v) is 29.8. The van der Waals surface area contributed by atoms with Crippen molar-refractivity contribution in [2.75, 3.05) is 0 Å². The molecule has 0 aliphatic heterocycles. The molecule has 12 aromatic rings. The summed E-state index contributed by atoms with van der Waals surface area (Å²) in [5.41, 5.74) is 13.7. The van der Waals surface area contributed by atoms with E-state index in [1.807, 2.05) is 6.07 Å². The Balaban J connectivity index is 1.08. The van der Waals surface area contributed by atoms with Gasteiger partial charge < -0.3 is 13.6 Å². The Kier molecular flexibility index (Phi) is 6.34. The fourth-order valence-corrected chi connectivity index (χ4v) is 9.04. The van der Waals surface area contributed by atoms with Crippen LogP contribution < -0.4 is 0 Å². The van der Waals surface area contributed by atoms with E-state index in [9.17, 15) is 0 Å². The molecular weight excluding hydrogens is 669 g/mol. The highest BCUT2D eigenvalue weighted by atomic mass is 16.3. The highest BCUT2D eigenvalue weighted by Crippen LogP contribution is 2.43. The molecule has 0 bridgehead atoms.